The van der Waals surface area contributed by atoms with Crippen LogP contribution < -0.4 is 9.80 Å². The Labute approximate surface area is 296 Å². The monoisotopic (exact) mass is 654 g/mol. The minimum absolute atomic E-state index is 0.880. The first-order valence-corrected chi connectivity index (χ1v) is 17.9. The Kier molecular flexibility index (Phi) is 9.08. The van der Waals surface area contributed by atoms with Crippen molar-refractivity contribution in [1.82, 2.24) is 0 Å². The van der Waals surface area contributed by atoms with Crippen molar-refractivity contribution in [2.24, 2.45) is 0 Å². The van der Waals surface area contributed by atoms with Gasteiger partial charge in [-0.15, -0.1) is 0 Å². The van der Waals surface area contributed by atoms with Crippen molar-refractivity contribution in [2.45, 2.75) is 54.4 Å². The summed E-state index contributed by atoms with van der Waals surface area (Å²) in [7, 11) is 2.22. The molecule has 0 N–H and O–H groups in total. The average Bonchev–Trinajstić information content (AvgIpc) is 3.47. The lowest BCUT2D eigenvalue weighted by Crippen LogP contribution is -2.18. The maximum Gasteiger partial charge on any atom is 0.159 e. The van der Waals surface area contributed by atoms with Crippen molar-refractivity contribution in [3.8, 4) is 0 Å². The summed E-state index contributed by atoms with van der Waals surface area (Å²) < 4.78 is 6.69. The van der Waals surface area contributed by atoms with Crippen LogP contribution in [0.15, 0.2) is 137 Å². The van der Waals surface area contributed by atoms with Gasteiger partial charge in [-0.25, -0.2) is 0 Å². The van der Waals surface area contributed by atoms with Crippen LogP contribution in [0.5, 0.6) is 0 Å². The predicted molar refractivity (Wildman–Crippen MR) is 219 cm³/mol. The largest absolute Gasteiger partial charge is 0.454 e. The normalized spacial score (nSPS) is 13.4. The smallest absolute Gasteiger partial charge is 0.159 e. The summed E-state index contributed by atoms with van der Waals surface area (Å²) in [6, 6.07) is 33.6. The van der Waals surface area contributed by atoms with E-state index in [4.69, 9.17) is 4.42 Å². The second-order valence-corrected chi connectivity index (χ2v) is 13.1. The Morgan fingerprint density at radius 3 is 2.08 bits per heavy atom. The molecule has 6 aromatic carbocycles. The summed E-state index contributed by atoms with van der Waals surface area (Å²) in [5.74, 6) is 0.880. The molecule has 7 aromatic rings. The van der Waals surface area contributed by atoms with Gasteiger partial charge >= 0.3 is 0 Å². The van der Waals surface area contributed by atoms with Crippen LogP contribution in [0.4, 0.5) is 22.7 Å². The van der Waals surface area contributed by atoms with Gasteiger partial charge in [0.05, 0.1) is 11.4 Å². The topological polar surface area (TPSA) is 19.6 Å². The molecule has 0 spiro atoms. The molecule has 0 aliphatic heterocycles. The third kappa shape index (κ3) is 5.67. The Bertz CT molecular complexity index is 2470. The van der Waals surface area contributed by atoms with Crippen molar-refractivity contribution >= 4 is 72.1 Å². The van der Waals surface area contributed by atoms with E-state index >= 15 is 0 Å². The third-order valence-corrected chi connectivity index (χ3v) is 9.94. The number of nitrogens with zero attached hydrogens (tertiary/aromatic N) is 2. The molecule has 1 aliphatic rings. The Hall–Kier alpha value is -5.54. The van der Waals surface area contributed by atoms with Gasteiger partial charge in [0.15, 0.2) is 5.58 Å². The molecule has 50 heavy (non-hydrogen) atoms. The molecular weight excluding hydrogens is 609 g/mol. The van der Waals surface area contributed by atoms with Crippen molar-refractivity contribution in [3.05, 3.63) is 150 Å². The fraction of sp³-hybridized carbons (Fsp3) is 0.191. The van der Waals surface area contributed by atoms with Gasteiger partial charge in [0.1, 0.15) is 5.76 Å². The van der Waals surface area contributed by atoms with E-state index in [2.05, 4.69) is 147 Å². The van der Waals surface area contributed by atoms with E-state index in [9.17, 15) is 0 Å². The number of para-hydroxylation sites is 1. The number of allylic oxidation sites excluding steroid dienone is 7. The molecule has 0 fully saturated rings. The number of anilines is 4. The molecule has 0 bridgehead atoms. The lowest BCUT2D eigenvalue weighted by molar-refractivity contribution is 0.601. The van der Waals surface area contributed by atoms with Gasteiger partial charge in [0, 0.05) is 45.8 Å². The van der Waals surface area contributed by atoms with E-state index in [0.29, 0.717) is 0 Å². The van der Waals surface area contributed by atoms with Gasteiger partial charge in [0.2, 0.25) is 0 Å². The van der Waals surface area contributed by atoms with Gasteiger partial charge in [0.25, 0.3) is 0 Å². The van der Waals surface area contributed by atoms with Crippen LogP contribution in [0.25, 0.3) is 49.4 Å². The summed E-state index contributed by atoms with van der Waals surface area (Å²) >= 11 is 0. The third-order valence-electron chi connectivity index (χ3n) is 9.94. The predicted octanol–water partition coefficient (Wildman–Crippen LogP) is 14.1. The molecule has 1 heterocycles. The lowest BCUT2D eigenvalue weighted by Gasteiger charge is -2.29. The highest BCUT2D eigenvalue weighted by Crippen LogP contribution is 2.47. The zero-order chi connectivity index (χ0) is 34.9. The van der Waals surface area contributed by atoms with Crippen LogP contribution in [0.1, 0.15) is 57.4 Å². The molecule has 3 heteroatoms. The van der Waals surface area contributed by atoms with E-state index < -0.39 is 0 Å². The molecule has 0 radical (unpaired) electrons. The maximum atomic E-state index is 6.69. The SMILES string of the molecule is C/C=C\C=C/c1oc2c(N(c3cccc(C)c3)c3ccc4ccc5c(N(C)C6=CC(C)=CCC6)ccc6ccc3c4c65)cccc2c1C.CC. The molecule has 3 nitrogen and oxygen atoms in total. The minimum Gasteiger partial charge on any atom is -0.454 e. The molecule has 0 amide bonds. The molecule has 0 unspecified atom stereocenters. The van der Waals surface area contributed by atoms with Gasteiger partial charge in [-0.05, 0) is 110 Å². The van der Waals surface area contributed by atoms with E-state index in [1.54, 1.807) is 0 Å². The highest BCUT2D eigenvalue weighted by atomic mass is 16.3. The summed E-state index contributed by atoms with van der Waals surface area (Å²) in [6.07, 6.45) is 15.0. The Morgan fingerprint density at radius 1 is 0.700 bits per heavy atom. The van der Waals surface area contributed by atoms with Crippen LogP contribution in [0.3, 0.4) is 0 Å². The summed E-state index contributed by atoms with van der Waals surface area (Å²) in [5, 5.41) is 8.73. The first kappa shape index (κ1) is 33.0. The number of benzene rings is 6. The first-order valence-electron chi connectivity index (χ1n) is 17.9. The summed E-state index contributed by atoms with van der Waals surface area (Å²) in [4.78, 5) is 4.78. The fourth-order valence-corrected chi connectivity index (χ4v) is 7.53. The van der Waals surface area contributed by atoms with Crippen LogP contribution in [-0.4, -0.2) is 7.05 Å². The highest BCUT2D eigenvalue weighted by Gasteiger charge is 2.23. The molecule has 0 saturated heterocycles. The van der Waals surface area contributed by atoms with Gasteiger partial charge < -0.3 is 14.2 Å². The number of hydrogen-bond donors (Lipinski definition) is 0. The van der Waals surface area contributed by atoms with Crippen molar-refractivity contribution < 1.29 is 4.42 Å². The summed E-state index contributed by atoms with van der Waals surface area (Å²) in [5.41, 5.74) is 10.4. The second kappa shape index (κ2) is 13.8. The first-order chi connectivity index (χ1) is 24.4. The van der Waals surface area contributed by atoms with E-state index in [1.165, 1.54) is 54.8 Å². The molecule has 0 atom stereocenters. The van der Waals surface area contributed by atoms with E-state index in [1.807, 2.05) is 39.0 Å². The zero-order valence-electron chi connectivity index (χ0n) is 30.3. The van der Waals surface area contributed by atoms with E-state index in [0.717, 1.165) is 52.2 Å². The molecule has 250 valence electrons. The number of fused-ring (bicyclic) bond motifs is 1. The quantitative estimate of drug-likeness (QED) is 0.126. The van der Waals surface area contributed by atoms with Crippen molar-refractivity contribution in [3.63, 3.8) is 0 Å². The molecule has 0 saturated carbocycles. The Morgan fingerprint density at radius 2 is 1.38 bits per heavy atom. The molecule has 1 aliphatic carbocycles. The molecule has 1 aromatic heterocycles. The van der Waals surface area contributed by atoms with E-state index in [-0.39, 0.29) is 0 Å². The standard InChI is InChI=1S/C45H40N2O.C2H6/c1-6-7-8-18-42-31(4)36-16-11-17-41(45(36)48-42)47(35-15-10-13-30(3)28-35)40-26-22-33-19-23-37-39(46(5)34-14-9-12-29(2)27-34)25-21-32-20-24-38(40)44(33)43(32)37;1-2/h6-8,10-13,15-28H,9,14H2,1-5H3;1-2H3/b7-6-,18-8-;. The van der Waals surface area contributed by atoms with Gasteiger partial charge in [-0.3, -0.25) is 0 Å². The highest BCUT2D eigenvalue weighted by molar-refractivity contribution is 6.28. The number of hydrogen-bond acceptors (Lipinski definition) is 3. The van der Waals surface area contributed by atoms with Crippen LogP contribution in [-0.2, 0) is 0 Å². The maximum absolute atomic E-state index is 6.69. The fourth-order valence-electron chi connectivity index (χ4n) is 7.53. The van der Waals surface area contributed by atoms with Gasteiger partial charge in [-0.1, -0.05) is 104 Å². The van der Waals surface area contributed by atoms with Crippen LogP contribution >= 0.6 is 0 Å². The second-order valence-electron chi connectivity index (χ2n) is 13.1. The van der Waals surface area contributed by atoms with Crippen LogP contribution in [0, 0.1) is 13.8 Å². The minimum atomic E-state index is 0.880. The molecule has 8 rings (SSSR count). The summed E-state index contributed by atoms with van der Waals surface area (Å²) in [6.45, 7) is 12.5. The van der Waals surface area contributed by atoms with Gasteiger partial charge in [-0.2, -0.15) is 0 Å². The van der Waals surface area contributed by atoms with Crippen molar-refractivity contribution in [1.29, 1.82) is 0 Å². The number of furan rings is 1. The number of rotatable bonds is 7. The van der Waals surface area contributed by atoms with Crippen LogP contribution in [0.2, 0.25) is 0 Å². The molecular formula is C47H46N2O. The Balaban J connectivity index is 0.00000193. The lowest BCUT2D eigenvalue weighted by atomic mass is 9.91. The van der Waals surface area contributed by atoms with Crippen molar-refractivity contribution in [2.75, 3.05) is 16.8 Å². The number of aryl methyl sites for hydroxylation is 2. The average molecular weight is 655 g/mol. The zero-order valence-corrected chi connectivity index (χ0v) is 30.3.